The first kappa shape index (κ1) is 17.9. The number of hydrogen-bond acceptors (Lipinski definition) is 4. The lowest BCUT2D eigenvalue weighted by atomic mass is 10.1. The summed E-state index contributed by atoms with van der Waals surface area (Å²) in [6.07, 6.45) is 3.64. The first-order valence-electron chi connectivity index (χ1n) is 8.34. The summed E-state index contributed by atoms with van der Waals surface area (Å²) in [4.78, 5) is 18.7. The van der Waals surface area contributed by atoms with Crippen LogP contribution in [0.2, 0.25) is 0 Å². The largest absolute Gasteiger partial charge is 0.384 e. The topological polar surface area (TPSA) is 57.3 Å². The maximum absolute atomic E-state index is 12.3. The van der Waals surface area contributed by atoms with Gasteiger partial charge in [0.2, 0.25) is 0 Å². The maximum Gasteiger partial charge on any atom is 0.274 e. The molecule has 5 nitrogen and oxygen atoms in total. The zero-order chi connectivity index (χ0) is 17.4. The first-order valence-corrected chi connectivity index (χ1v) is 8.34. The molecule has 0 radical (unpaired) electrons. The Bertz CT molecular complexity index is 653. The summed E-state index contributed by atoms with van der Waals surface area (Å²) in [6.45, 7) is 3.99. The van der Waals surface area contributed by atoms with Crippen LogP contribution in [-0.4, -0.2) is 43.0 Å². The second-order valence-corrected chi connectivity index (χ2v) is 5.98. The molecule has 0 aliphatic rings. The van der Waals surface area contributed by atoms with Crippen LogP contribution in [0.1, 0.15) is 29.4 Å². The van der Waals surface area contributed by atoms with Gasteiger partial charge in [-0.25, -0.2) is 4.98 Å². The third-order valence-corrected chi connectivity index (χ3v) is 3.75. The van der Waals surface area contributed by atoms with E-state index in [0.717, 1.165) is 42.9 Å². The highest BCUT2D eigenvalue weighted by molar-refractivity contribution is 6.03. The van der Waals surface area contributed by atoms with Crippen molar-refractivity contribution in [1.82, 2.24) is 9.88 Å². The second-order valence-electron chi connectivity index (χ2n) is 5.98. The average molecular weight is 326 g/mol. The normalized spacial score (nSPS) is 10.7. The SMILES string of the molecule is CCc1ccccc1NC(=O)c1ccc(NCCCN(C)C)cn1. The number of pyridine rings is 1. The molecule has 0 atom stereocenters. The summed E-state index contributed by atoms with van der Waals surface area (Å²) in [6, 6.07) is 11.5. The van der Waals surface area contributed by atoms with E-state index in [0.29, 0.717) is 5.69 Å². The number of carbonyl (C=O) groups excluding carboxylic acids is 1. The summed E-state index contributed by atoms with van der Waals surface area (Å²) < 4.78 is 0. The number of nitrogens with one attached hydrogen (secondary N) is 2. The molecule has 1 heterocycles. The summed E-state index contributed by atoms with van der Waals surface area (Å²) in [5.74, 6) is -0.185. The molecular formula is C19H26N4O. The standard InChI is InChI=1S/C19H26N4O/c1-4-15-8-5-6-9-17(15)22-19(24)18-11-10-16(14-21-18)20-12-7-13-23(2)3/h5-6,8-11,14,20H,4,7,12-13H2,1-3H3,(H,22,24). The molecule has 0 spiro atoms. The minimum atomic E-state index is -0.185. The highest BCUT2D eigenvalue weighted by Gasteiger charge is 2.09. The fourth-order valence-corrected chi connectivity index (χ4v) is 2.40. The Morgan fingerprint density at radius 1 is 1.17 bits per heavy atom. The van der Waals surface area contributed by atoms with Crippen molar-refractivity contribution in [3.8, 4) is 0 Å². The van der Waals surface area contributed by atoms with Crippen molar-refractivity contribution in [2.75, 3.05) is 37.8 Å². The van der Waals surface area contributed by atoms with Gasteiger partial charge >= 0.3 is 0 Å². The molecule has 2 rings (SSSR count). The van der Waals surface area contributed by atoms with E-state index in [-0.39, 0.29) is 5.91 Å². The lowest BCUT2D eigenvalue weighted by Gasteiger charge is -2.11. The number of anilines is 2. The van der Waals surface area contributed by atoms with E-state index in [1.54, 1.807) is 12.3 Å². The number of amides is 1. The van der Waals surface area contributed by atoms with Crippen molar-refractivity contribution >= 4 is 17.3 Å². The van der Waals surface area contributed by atoms with Crippen LogP contribution in [0.5, 0.6) is 0 Å². The van der Waals surface area contributed by atoms with Gasteiger partial charge in [0.15, 0.2) is 0 Å². The quantitative estimate of drug-likeness (QED) is 0.731. The number of aryl methyl sites for hydroxylation is 1. The van der Waals surface area contributed by atoms with Gasteiger partial charge in [-0.15, -0.1) is 0 Å². The van der Waals surface area contributed by atoms with Crippen LogP contribution in [-0.2, 0) is 6.42 Å². The lowest BCUT2D eigenvalue weighted by Crippen LogP contribution is -2.17. The summed E-state index contributed by atoms with van der Waals surface area (Å²) >= 11 is 0. The van der Waals surface area contributed by atoms with Gasteiger partial charge in [0.25, 0.3) is 5.91 Å². The van der Waals surface area contributed by atoms with Crippen molar-refractivity contribution < 1.29 is 4.79 Å². The predicted octanol–water partition coefficient (Wildman–Crippen LogP) is 3.26. The van der Waals surface area contributed by atoms with Crippen molar-refractivity contribution in [3.05, 3.63) is 53.9 Å². The second kappa shape index (κ2) is 9.03. The number of aromatic nitrogens is 1. The number of hydrogen-bond donors (Lipinski definition) is 2. The Labute approximate surface area is 144 Å². The minimum Gasteiger partial charge on any atom is -0.384 e. The molecule has 0 saturated carbocycles. The van der Waals surface area contributed by atoms with Gasteiger partial charge < -0.3 is 15.5 Å². The minimum absolute atomic E-state index is 0.185. The molecule has 5 heteroatoms. The highest BCUT2D eigenvalue weighted by Crippen LogP contribution is 2.16. The van der Waals surface area contributed by atoms with Gasteiger partial charge in [0.1, 0.15) is 5.69 Å². The Balaban J connectivity index is 1.91. The average Bonchev–Trinajstić information content (AvgIpc) is 2.59. The van der Waals surface area contributed by atoms with Crippen LogP contribution in [0.15, 0.2) is 42.6 Å². The summed E-state index contributed by atoms with van der Waals surface area (Å²) in [7, 11) is 4.12. The van der Waals surface area contributed by atoms with E-state index in [1.165, 1.54) is 0 Å². The Morgan fingerprint density at radius 3 is 2.62 bits per heavy atom. The van der Waals surface area contributed by atoms with E-state index in [4.69, 9.17) is 0 Å². The molecule has 0 fully saturated rings. The molecule has 0 aliphatic carbocycles. The van der Waals surface area contributed by atoms with Gasteiger partial charge in [-0.05, 0) is 57.2 Å². The fraction of sp³-hybridized carbons (Fsp3) is 0.368. The Morgan fingerprint density at radius 2 is 1.96 bits per heavy atom. The fourth-order valence-electron chi connectivity index (χ4n) is 2.40. The van der Waals surface area contributed by atoms with Crippen LogP contribution in [0.4, 0.5) is 11.4 Å². The highest BCUT2D eigenvalue weighted by atomic mass is 16.1. The molecule has 0 saturated heterocycles. The van der Waals surface area contributed by atoms with Gasteiger partial charge in [0, 0.05) is 12.2 Å². The van der Waals surface area contributed by atoms with Gasteiger partial charge in [-0.3, -0.25) is 4.79 Å². The number of carbonyl (C=O) groups is 1. The smallest absolute Gasteiger partial charge is 0.274 e. The molecule has 2 N–H and O–H groups in total. The Kier molecular flexibility index (Phi) is 6.75. The zero-order valence-electron chi connectivity index (χ0n) is 14.7. The molecule has 0 aliphatic heterocycles. The van der Waals surface area contributed by atoms with Crippen molar-refractivity contribution in [2.24, 2.45) is 0 Å². The van der Waals surface area contributed by atoms with Gasteiger partial charge in [-0.1, -0.05) is 25.1 Å². The van der Waals surface area contributed by atoms with E-state index in [9.17, 15) is 4.79 Å². The molecular weight excluding hydrogens is 300 g/mol. The van der Waals surface area contributed by atoms with Gasteiger partial charge in [0.05, 0.1) is 11.9 Å². The number of benzene rings is 1. The van der Waals surface area contributed by atoms with E-state index < -0.39 is 0 Å². The third kappa shape index (κ3) is 5.35. The molecule has 24 heavy (non-hydrogen) atoms. The molecule has 1 aromatic carbocycles. The number of para-hydroxylation sites is 1. The van der Waals surface area contributed by atoms with Crippen LogP contribution < -0.4 is 10.6 Å². The van der Waals surface area contributed by atoms with Crippen LogP contribution in [0.3, 0.4) is 0 Å². The molecule has 0 bridgehead atoms. The lowest BCUT2D eigenvalue weighted by molar-refractivity contribution is 0.102. The molecule has 2 aromatic rings. The Hall–Kier alpha value is -2.40. The van der Waals surface area contributed by atoms with Gasteiger partial charge in [-0.2, -0.15) is 0 Å². The van der Waals surface area contributed by atoms with E-state index >= 15 is 0 Å². The zero-order valence-corrected chi connectivity index (χ0v) is 14.7. The maximum atomic E-state index is 12.3. The summed E-state index contributed by atoms with van der Waals surface area (Å²) in [5.41, 5.74) is 3.31. The van der Waals surface area contributed by atoms with E-state index in [2.05, 4.69) is 41.5 Å². The number of nitrogens with zero attached hydrogens (tertiary/aromatic N) is 2. The monoisotopic (exact) mass is 326 g/mol. The molecule has 1 aromatic heterocycles. The van der Waals surface area contributed by atoms with Crippen LogP contribution in [0.25, 0.3) is 0 Å². The van der Waals surface area contributed by atoms with Crippen molar-refractivity contribution in [3.63, 3.8) is 0 Å². The third-order valence-electron chi connectivity index (χ3n) is 3.75. The van der Waals surface area contributed by atoms with Crippen molar-refractivity contribution in [2.45, 2.75) is 19.8 Å². The predicted molar refractivity (Wildman–Crippen MR) is 99.7 cm³/mol. The number of rotatable bonds is 8. The van der Waals surface area contributed by atoms with Crippen LogP contribution in [0, 0.1) is 0 Å². The molecule has 0 unspecified atom stereocenters. The summed E-state index contributed by atoms with van der Waals surface area (Å²) in [5, 5.41) is 6.25. The van der Waals surface area contributed by atoms with Crippen LogP contribution >= 0.6 is 0 Å². The molecule has 128 valence electrons. The van der Waals surface area contributed by atoms with E-state index in [1.807, 2.05) is 30.3 Å². The molecule has 1 amide bonds. The van der Waals surface area contributed by atoms with Crippen molar-refractivity contribution in [1.29, 1.82) is 0 Å². The first-order chi connectivity index (χ1) is 11.6.